The predicted molar refractivity (Wildman–Crippen MR) is 238 cm³/mol. The zero-order valence-corrected chi connectivity index (χ0v) is 32.5. The smallest absolute Gasteiger partial charge is 0.0541 e. The highest BCUT2D eigenvalue weighted by Gasteiger charge is 2.15. The van der Waals surface area contributed by atoms with E-state index in [0.29, 0.717) is 5.92 Å². The summed E-state index contributed by atoms with van der Waals surface area (Å²) >= 11 is 0. The first kappa shape index (κ1) is 35.8. The van der Waals surface area contributed by atoms with Crippen LogP contribution in [0.25, 0.3) is 66.4 Å². The number of benzene rings is 7. The van der Waals surface area contributed by atoms with Gasteiger partial charge in [0.1, 0.15) is 0 Å². The summed E-state index contributed by atoms with van der Waals surface area (Å²) in [7, 11) is 0. The Morgan fingerprint density at radius 1 is 0.509 bits per heavy atom. The highest BCUT2D eigenvalue weighted by atomic mass is 15.0. The fourth-order valence-corrected chi connectivity index (χ4v) is 8.20. The number of aryl methyl sites for hydroxylation is 1. The van der Waals surface area contributed by atoms with Crippen molar-refractivity contribution < 1.29 is 0 Å². The quantitative estimate of drug-likeness (QED) is 0.155. The van der Waals surface area contributed by atoms with E-state index in [2.05, 4.69) is 214 Å². The molecular formula is C54H49N. The van der Waals surface area contributed by atoms with Crippen molar-refractivity contribution in [2.45, 2.75) is 52.9 Å². The van der Waals surface area contributed by atoms with Gasteiger partial charge in [0.05, 0.1) is 11.0 Å². The number of hydrogen-bond acceptors (Lipinski definition) is 0. The Labute approximate surface area is 326 Å². The minimum atomic E-state index is 0.575. The fraction of sp³-hybridized carbons (Fsp3) is 0.148. The standard InChI is InChI=1S/C40H33N.C14H16/c1-3-28(2)29-20-22-30(23-21-29)33-12-4-6-14-35(33)36-15-7-5-13-34(36)31-24-26-32(27-25-31)41-39-18-10-8-16-37(39)38-17-9-11-19-40(38)41;1-11-7-3-5-9-13(11)14-10-6-4-8-12(14)2/h4-28H,3H2,1-2H3;3-5,7-9H,6,10H2,1-2H3. The molecule has 0 bridgehead atoms. The predicted octanol–water partition coefficient (Wildman–Crippen LogP) is 15.4. The second kappa shape index (κ2) is 16.0. The SMILES string of the molecule is CC1=C(c2ccccc2C)CCC=C1.CCC(C)c1ccc(-c2ccccc2-c2ccccc2-c2ccc(-n3c4ccccc4c4ccccc43)cc2)cc1. The van der Waals surface area contributed by atoms with Crippen LogP contribution in [0.4, 0.5) is 0 Å². The van der Waals surface area contributed by atoms with E-state index < -0.39 is 0 Å². The molecule has 1 aliphatic carbocycles. The molecule has 1 nitrogen and oxygen atoms in total. The number of aromatic nitrogens is 1. The Balaban J connectivity index is 0.000000256. The minimum Gasteiger partial charge on any atom is -0.309 e. The number of para-hydroxylation sites is 2. The molecule has 0 spiro atoms. The van der Waals surface area contributed by atoms with Gasteiger partial charge >= 0.3 is 0 Å². The number of rotatable bonds is 7. The molecule has 7 aromatic carbocycles. The molecular weight excluding hydrogens is 663 g/mol. The van der Waals surface area contributed by atoms with Gasteiger partial charge in [-0.3, -0.25) is 0 Å². The Hall–Kier alpha value is -6.18. The summed E-state index contributed by atoms with van der Waals surface area (Å²) in [4.78, 5) is 0. The van der Waals surface area contributed by atoms with E-state index in [0.717, 1.165) is 6.42 Å². The van der Waals surface area contributed by atoms with Gasteiger partial charge in [0.25, 0.3) is 0 Å². The van der Waals surface area contributed by atoms with Gasteiger partial charge in [-0.2, -0.15) is 0 Å². The lowest BCUT2D eigenvalue weighted by Gasteiger charge is -2.16. The molecule has 0 N–H and O–H groups in total. The van der Waals surface area contributed by atoms with Crippen LogP contribution in [-0.4, -0.2) is 4.57 Å². The largest absolute Gasteiger partial charge is 0.309 e. The molecule has 0 amide bonds. The van der Waals surface area contributed by atoms with Crippen LogP contribution in [0.2, 0.25) is 0 Å². The van der Waals surface area contributed by atoms with E-state index in [1.165, 1.54) is 102 Å². The number of hydrogen-bond donors (Lipinski definition) is 0. The molecule has 8 aromatic rings. The molecule has 0 radical (unpaired) electrons. The van der Waals surface area contributed by atoms with E-state index in [9.17, 15) is 0 Å². The van der Waals surface area contributed by atoms with E-state index in [4.69, 9.17) is 0 Å². The highest BCUT2D eigenvalue weighted by molar-refractivity contribution is 6.09. The Kier molecular flexibility index (Phi) is 10.5. The van der Waals surface area contributed by atoms with Crippen LogP contribution in [0.3, 0.4) is 0 Å². The van der Waals surface area contributed by atoms with E-state index in [-0.39, 0.29) is 0 Å². The van der Waals surface area contributed by atoms with Gasteiger partial charge < -0.3 is 4.57 Å². The van der Waals surface area contributed by atoms with Gasteiger partial charge in [-0.15, -0.1) is 0 Å². The normalized spacial score (nSPS) is 13.2. The van der Waals surface area contributed by atoms with Crippen molar-refractivity contribution in [1.82, 2.24) is 4.57 Å². The molecule has 1 heteroatoms. The first-order chi connectivity index (χ1) is 27.0. The molecule has 1 unspecified atom stereocenters. The molecule has 9 rings (SSSR count). The summed E-state index contributed by atoms with van der Waals surface area (Å²) in [5, 5.41) is 2.57. The van der Waals surface area contributed by atoms with Crippen molar-refractivity contribution in [2.75, 3.05) is 0 Å². The van der Waals surface area contributed by atoms with Crippen LogP contribution in [-0.2, 0) is 0 Å². The van der Waals surface area contributed by atoms with Gasteiger partial charge in [-0.05, 0) is 125 Å². The van der Waals surface area contributed by atoms with Crippen molar-refractivity contribution in [3.63, 3.8) is 0 Å². The van der Waals surface area contributed by atoms with Crippen LogP contribution >= 0.6 is 0 Å². The monoisotopic (exact) mass is 711 g/mol. The molecule has 1 aliphatic rings. The third kappa shape index (κ3) is 7.23. The lowest BCUT2D eigenvalue weighted by atomic mass is 9.88. The van der Waals surface area contributed by atoms with Gasteiger partial charge in [0, 0.05) is 16.5 Å². The van der Waals surface area contributed by atoms with Crippen LogP contribution < -0.4 is 0 Å². The van der Waals surface area contributed by atoms with Crippen molar-refractivity contribution in [3.05, 3.63) is 204 Å². The fourth-order valence-electron chi connectivity index (χ4n) is 8.20. The third-order valence-corrected chi connectivity index (χ3v) is 11.4. The molecule has 55 heavy (non-hydrogen) atoms. The van der Waals surface area contributed by atoms with Crippen LogP contribution in [0.15, 0.2) is 188 Å². The highest BCUT2D eigenvalue weighted by Crippen LogP contribution is 2.39. The van der Waals surface area contributed by atoms with Crippen molar-refractivity contribution in [1.29, 1.82) is 0 Å². The van der Waals surface area contributed by atoms with Crippen LogP contribution in [0.1, 0.15) is 62.6 Å². The van der Waals surface area contributed by atoms with Crippen molar-refractivity contribution >= 4 is 27.4 Å². The zero-order chi connectivity index (χ0) is 37.7. The van der Waals surface area contributed by atoms with Crippen molar-refractivity contribution in [2.24, 2.45) is 0 Å². The molecule has 0 saturated carbocycles. The van der Waals surface area contributed by atoms with Gasteiger partial charge in [-0.1, -0.05) is 172 Å². The van der Waals surface area contributed by atoms with E-state index in [1.807, 2.05) is 0 Å². The molecule has 0 saturated heterocycles. The first-order valence-corrected chi connectivity index (χ1v) is 19.8. The van der Waals surface area contributed by atoms with Crippen LogP contribution in [0.5, 0.6) is 0 Å². The van der Waals surface area contributed by atoms with E-state index in [1.54, 1.807) is 0 Å². The lowest BCUT2D eigenvalue weighted by molar-refractivity contribution is 0.734. The Morgan fingerprint density at radius 2 is 0.982 bits per heavy atom. The van der Waals surface area contributed by atoms with Gasteiger partial charge in [-0.25, -0.2) is 0 Å². The maximum absolute atomic E-state index is 2.37. The molecule has 1 heterocycles. The minimum absolute atomic E-state index is 0.575. The molecule has 0 aliphatic heterocycles. The molecule has 270 valence electrons. The average molecular weight is 712 g/mol. The summed E-state index contributed by atoms with van der Waals surface area (Å²) in [6.07, 6.45) is 8.02. The maximum Gasteiger partial charge on any atom is 0.0541 e. The van der Waals surface area contributed by atoms with Gasteiger partial charge in [0.2, 0.25) is 0 Å². The first-order valence-electron chi connectivity index (χ1n) is 19.8. The Morgan fingerprint density at radius 3 is 1.51 bits per heavy atom. The van der Waals surface area contributed by atoms with E-state index >= 15 is 0 Å². The summed E-state index contributed by atoms with van der Waals surface area (Å²) in [6, 6.07) is 61.8. The molecule has 1 atom stereocenters. The topological polar surface area (TPSA) is 4.93 Å². The Bertz CT molecular complexity index is 2590. The zero-order valence-electron chi connectivity index (χ0n) is 32.5. The second-order valence-corrected chi connectivity index (χ2v) is 14.9. The van der Waals surface area contributed by atoms with Crippen molar-refractivity contribution in [3.8, 4) is 39.1 Å². The number of fused-ring (bicyclic) bond motifs is 3. The lowest BCUT2D eigenvalue weighted by Crippen LogP contribution is -1.94. The number of nitrogens with zero attached hydrogens (tertiary/aromatic N) is 1. The summed E-state index contributed by atoms with van der Waals surface area (Å²) in [5.41, 5.74) is 18.3. The number of allylic oxidation sites excluding steroid dienone is 4. The molecule has 0 fully saturated rings. The summed E-state index contributed by atoms with van der Waals surface area (Å²) in [6.45, 7) is 8.94. The second-order valence-electron chi connectivity index (χ2n) is 14.9. The van der Waals surface area contributed by atoms with Crippen LogP contribution in [0, 0.1) is 6.92 Å². The summed E-state index contributed by atoms with van der Waals surface area (Å²) in [5.74, 6) is 0.575. The summed E-state index contributed by atoms with van der Waals surface area (Å²) < 4.78 is 2.37. The molecule has 1 aromatic heterocycles. The third-order valence-electron chi connectivity index (χ3n) is 11.4. The maximum atomic E-state index is 2.37. The van der Waals surface area contributed by atoms with Gasteiger partial charge in [0.15, 0.2) is 0 Å². The average Bonchev–Trinajstić information content (AvgIpc) is 3.59.